The van der Waals surface area contributed by atoms with E-state index in [0.717, 1.165) is 43.9 Å². The maximum absolute atomic E-state index is 11.5. The second-order valence-electron chi connectivity index (χ2n) is 5.81. The smallest absolute Gasteiger partial charge is 0.159 e. The predicted octanol–water partition coefficient (Wildman–Crippen LogP) is 5.69. The van der Waals surface area contributed by atoms with Crippen molar-refractivity contribution in [2.45, 2.75) is 6.92 Å². The summed E-state index contributed by atoms with van der Waals surface area (Å²) in [5.41, 5.74) is 3.91. The Hall–Kier alpha value is -3.07. The normalized spacial score (nSPS) is 11.9. The number of hydrogen-bond acceptors (Lipinski definition) is 3. The zero-order valence-corrected chi connectivity index (χ0v) is 12.4. The van der Waals surface area contributed by atoms with Crippen LogP contribution in [0.1, 0.15) is 17.3 Å². The first-order chi connectivity index (χ1) is 11.2. The first-order valence-electron chi connectivity index (χ1n) is 7.49. The summed E-state index contributed by atoms with van der Waals surface area (Å²) < 4.78 is 11.9. The molecule has 0 N–H and O–H groups in total. The van der Waals surface area contributed by atoms with Crippen molar-refractivity contribution in [3.05, 3.63) is 60.2 Å². The van der Waals surface area contributed by atoms with Gasteiger partial charge in [-0.3, -0.25) is 4.79 Å². The zero-order valence-electron chi connectivity index (χ0n) is 12.4. The van der Waals surface area contributed by atoms with E-state index in [2.05, 4.69) is 0 Å². The van der Waals surface area contributed by atoms with E-state index in [1.807, 2.05) is 48.5 Å². The topological polar surface area (TPSA) is 43.4 Å². The third-order valence-electron chi connectivity index (χ3n) is 4.38. The number of Topliss-reactive ketones (excluding diaryl/α,β-unsaturated/α-hetero) is 1. The molecule has 110 valence electrons. The van der Waals surface area contributed by atoms with E-state index in [1.54, 1.807) is 13.0 Å². The highest BCUT2D eigenvalue weighted by Gasteiger charge is 2.13. The maximum atomic E-state index is 11.5. The number of rotatable bonds is 1. The molecule has 5 aromatic rings. The molecule has 0 aliphatic rings. The van der Waals surface area contributed by atoms with Crippen LogP contribution in [0.15, 0.2) is 63.4 Å². The van der Waals surface area contributed by atoms with Gasteiger partial charge in [0.15, 0.2) is 5.78 Å². The van der Waals surface area contributed by atoms with Crippen LogP contribution in [-0.4, -0.2) is 5.78 Å². The van der Waals surface area contributed by atoms with Crippen LogP contribution in [0.5, 0.6) is 0 Å². The number of carbonyl (C=O) groups excluding carboxylic acids is 1. The first-order valence-corrected chi connectivity index (χ1v) is 7.49. The summed E-state index contributed by atoms with van der Waals surface area (Å²) in [6.07, 6.45) is 0. The van der Waals surface area contributed by atoms with Crippen molar-refractivity contribution >= 4 is 49.7 Å². The van der Waals surface area contributed by atoms with Crippen molar-refractivity contribution in [2.24, 2.45) is 0 Å². The molecule has 0 fully saturated rings. The lowest BCUT2D eigenvalue weighted by Crippen LogP contribution is -1.89. The molecule has 0 amide bonds. The van der Waals surface area contributed by atoms with Crippen molar-refractivity contribution in [3.8, 4) is 0 Å². The van der Waals surface area contributed by atoms with Gasteiger partial charge in [-0.1, -0.05) is 24.3 Å². The molecule has 3 nitrogen and oxygen atoms in total. The minimum Gasteiger partial charge on any atom is -0.456 e. The van der Waals surface area contributed by atoms with E-state index in [1.165, 1.54) is 0 Å². The number of furan rings is 2. The number of ketones is 1. The lowest BCUT2D eigenvalue weighted by atomic mass is 10.1. The van der Waals surface area contributed by atoms with Gasteiger partial charge in [0, 0.05) is 27.1 Å². The lowest BCUT2D eigenvalue weighted by molar-refractivity contribution is 0.101. The number of hydrogen-bond donors (Lipinski definition) is 0. The average molecular weight is 300 g/mol. The van der Waals surface area contributed by atoms with Crippen LogP contribution >= 0.6 is 0 Å². The number of para-hydroxylation sites is 1. The van der Waals surface area contributed by atoms with Gasteiger partial charge < -0.3 is 8.83 Å². The minimum atomic E-state index is 0.0344. The van der Waals surface area contributed by atoms with Crippen LogP contribution in [0, 0.1) is 0 Å². The van der Waals surface area contributed by atoms with Gasteiger partial charge >= 0.3 is 0 Å². The zero-order chi connectivity index (χ0) is 15.6. The van der Waals surface area contributed by atoms with Crippen LogP contribution in [0.3, 0.4) is 0 Å². The van der Waals surface area contributed by atoms with Crippen molar-refractivity contribution in [1.29, 1.82) is 0 Å². The quantitative estimate of drug-likeness (QED) is 0.374. The fraction of sp³-hybridized carbons (Fsp3) is 0.0500. The number of benzene rings is 3. The van der Waals surface area contributed by atoms with E-state index >= 15 is 0 Å². The van der Waals surface area contributed by atoms with Crippen LogP contribution in [0.4, 0.5) is 0 Å². The second-order valence-corrected chi connectivity index (χ2v) is 5.81. The average Bonchev–Trinajstić information content (AvgIpc) is 3.09. The fourth-order valence-electron chi connectivity index (χ4n) is 3.21. The summed E-state index contributed by atoms with van der Waals surface area (Å²) in [7, 11) is 0. The Morgan fingerprint density at radius 1 is 0.696 bits per heavy atom. The second kappa shape index (κ2) is 4.23. The summed E-state index contributed by atoms with van der Waals surface area (Å²) >= 11 is 0. The molecule has 0 saturated heterocycles. The molecule has 0 unspecified atom stereocenters. The molecule has 0 aliphatic heterocycles. The van der Waals surface area contributed by atoms with Crippen LogP contribution in [0.25, 0.3) is 43.9 Å². The van der Waals surface area contributed by atoms with Crippen molar-refractivity contribution in [3.63, 3.8) is 0 Å². The van der Waals surface area contributed by atoms with E-state index in [0.29, 0.717) is 5.56 Å². The lowest BCUT2D eigenvalue weighted by Gasteiger charge is -1.94. The molecule has 23 heavy (non-hydrogen) atoms. The highest BCUT2D eigenvalue weighted by molar-refractivity contribution is 6.15. The van der Waals surface area contributed by atoms with Gasteiger partial charge in [0.2, 0.25) is 0 Å². The van der Waals surface area contributed by atoms with Crippen molar-refractivity contribution in [2.75, 3.05) is 0 Å². The van der Waals surface area contributed by atoms with Crippen molar-refractivity contribution in [1.82, 2.24) is 0 Å². The Kier molecular flexibility index (Phi) is 2.29. The highest BCUT2D eigenvalue weighted by atomic mass is 16.3. The molecule has 2 aromatic heterocycles. The Morgan fingerprint density at radius 3 is 2.04 bits per heavy atom. The molecule has 0 radical (unpaired) electrons. The van der Waals surface area contributed by atoms with Crippen LogP contribution in [0.2, 0.25) is 0 Å². The Labute approximate surface area is 131 Å². The molecule has 3 aromatic carbocycles. The molecular formula is C20H12O3. The predicted molar refractivity (Wildman–Crippen MR) is 91.0 cm³/mol. The van der Waals surface area contributed by atoms with Gasteiger partial charge in [0.1, 0.15) is 22.3 Å². The first kappa shape index (κ1) is 12.5. The monoisotopic (exact) mass is 300 g/mol. The summed E-state index contributed by atoms with van der Waals surface area (Å²) in [6.45, 7) is 1.56. The molecule has 0 spiro atoms. The molecule has 0 bridgehead atoms. The SMILES string of the molecule is CC(=O)c1ccc2c(c1)oc1cc3c(cc12)oc1ccccc13. The van der Waals surface area contributed by atoms with Gasteiger partial charge in [-0.25, -0.2) is 0 Å². The van der Waals surface area contributed by atoms with Crippen molar-refractivity contribution < 1.29 is 13.6 Å². The minimum absolute atomic E-state index is 0.0344. The molecule has 0 aliphatic carbocycles. The van der Waals surface area contributed by atoms with Gasteiger partial charge in [-0.15, -0.1) is 0 Å². The molecule has 0 saturated carbocycles. The summed E-state index contributed by atoms with van der Waals surface area (Å²) in [4.78, 5) is 11.5. The third kappa shape index (κ3) is 1.67. The van der Waals surface area contributed by atoms with E-state index < -0.39 is 0 Å². The molecule has 3 heteroatoms. The van der Waals surface area contributed by atoms with Crippen LogP contribution in [-0.2, 0) is 0 Å². The summed E-state index contributed by atoms with van der Waals surface area (Å²) in [5.74, 6) is 0.0344. The largest absolute Gasteiger partial charge is 0.456 e. The van der Waals surface area contributed by atoms with E-state index in [9.17, 15) is 4.79 Å². The Morgan fingerprint density at radius 2 is 1.30 bits per heavy atom. The molecule has 5 rings (SSSR count). The molecule has 2 heterocycles. The summed E-state index contributed by atoms with van der Waals surface area (Å²) in [5, 5.41) is 4.11. The maximum Gasteiger partial charge on any atom is 0.159 e. The van der Waals surface area contributed by atoms with E-state index in [4.69, 9.17) is 8.83 Å². The van der Waals surface area contributed by atoms with E-state index in [-0.39, 0.29) is 5.78 Å². The van der Waals surface area contributed by atoms with Crippen LogP contribution < -0.4 is 0 Å². The number of fused-ring (bicyclic) bond motifs is 6. The third-order valence-corrected chi connectivity index (χ3v) is 4.38. The molecular weight excluding hydrogens is 288 g/mol. The van der Waals surface area contributed by atoms with Gasteiger partial charge in [-0.05, 0) is 37.3 Å². The number of carbonyl (C=O) groups is 1. The van der Waals surface area contributed by atoms with Gasteiger partial charge in [0.25, 0.3) is 0 Å². The summed E-state index contributed by atoms with van der Waals surface area (Å²) in [6, 6.07) is 17.6. The molecule has 0 atom stereocenters. The highest BCUT2D eigenvalue weighted by Crippen LogP contribution is 2.36. The van der Waals surface area contributed by atoms with Gasteiger partial charge in [0.05, 0.1) is 0 Å². The fourth-order valence-corrected chi connectivity index (χ4v) is 3.21. The standard InChI is InChI=1S/C20H12O3/c1-11(21)12-6-7-14-16-10-19-15(9-20(16)23-18(14)8-12)13-4-2-3-5-17(13)22-19/h2-10H,1H3. The van der Waals surface area contributed by atoms with Gasteiger partial charge in [-0.2, -0.15) is 0 Å². The Bertz CT molecular complexity index is 1240. The Balaban J connectivity index is 1.91.